The van der Waals surface area contributed by atoms with Gasteiger partial charge in [0.05, 0.1) is 30.0 Å². The van der Waals surface area contributed by atoms with Crippen molar-refractivity contribution in [2.24, 2.45) is 5.92 Å². The summed E-state index contributed by atoms with van der Waals surface area (Å²) >= 11 is 0. The molecule has 4 nitrogen and oxygen atoms in total. The molecule has 0 heterocycles. The predicted octanol–water partition coefficient (Wildman–Crippen LogP) is 3.04. The summed E-state index contributed by atoms with van der Waals surface area (Å²) in [7, 11) is 0. The minimum Gasteiger partial charge on any atom is -0.491 e. The Balaban J connectivity index is 2.94. The molecule has 0 fully saturated rings. The van der Waals surface area contributed by atoms with Crippen LogP contribution in [0.15, 0.2) is 18.2 Å². The van der Waals surface area contributed by atoms with Crippen LogP contribution < -0.4 is 15.4 Å². The lowest BCUT2D eigenvalue weighted by Gasteiger charge is -2.26. The second-order valence-corrected chi connectivity index (χ2v) is 4.61. The van der Waals surface area contributed by atoms with E-state index in [1.807, 2.05) is 25.1 Å². The number of nitrogens with zero attached hydrogens (tertiary/aromatic N) is 2. The maximum absolute atomic E-state index is 8.93. The molecule has 0 aliphatic rings. The normalized spacial score (nSPS) is 11.7. The van der Waals surface area contributed by atoms with Gasteiger partial charge < -0.3 is 15.4 Å². The Morgan fingerprint density at radius 3 is 2.74 bits per heavy atom. The molecule has 0 amide bonds. The fourth-order valence-corrected chi connectivity index (χ4v) is 1.92. The van der Waals surface area contributed by atoms with Gasteiger partial charge in [-0.15, -0.1) is 0 Å². The number of ether oxygens (including phenoxy) is 1. The van der Waals surface area contributed by atoms with Gasteiger partial charge in [-0.3, -0.25) is 0 Å². The number of hydrogen-bond donors (Lipinski definition) is 1. The standard InChI is InChI=1S/C15H23N3O/c1-4-9-19-14-8-6-7-13(15(14)17)18(5-2)11-12(3)10-16/h6-8,12H,4-5,9,11,17H2,1-3H3. The van der Waals surface area contributed by atoms with Crippen LogP contribution in [-0.4, -0.2) is 19.7 Å². The first-order valence-electron chi connectivity index (χ1n) is 6.79. The Morgan fingerprint density at radius 2 is 2.16 bits per heavy atom. The third-order valence-corrected chi connectivity index (χ3v) is 2.94. The lowest BCUT2D eigenvalue weighted by molar-refractivity contribution is 0.319. The lowest BCUT2D eigenvalue weighted by atomic mass is 10.1. The average Bonchev–Trinajstić information content (AvgIpc) is 2.43. The molecule has 0 saturated heterocycles. The number of benzene rings is 1. The highest BCUT2D eigenvalue weighted by Gasteiger charge is 2.14. The molecule has 0 saturated carbocycles. The van der Waals surface area contributed by atoms with Crippen molar-refractivity contribution in [3.8, 4) is 11.8 Å². The number of nitriles is 1. The van der Waals surface area contributed by atoms with Crippen molar-refractivity contribution in [3.63, 3.8) is 0 Å². The van der Waals surface area contributed by atoms with Gasteiger partial charge in [-0.2, -0.15) is 5.26 Å². The summed E-state index contributed by atoms with van der Waals surface area (Å²) in [6, 6.07) is 8.05. The molecule has 0 aliphatic carbocycles. The van der Waals surface area contributed by atoms with Gasteiger partial charge in [0, 0.05) is 13.1 Å². The summed E-state index contributed by atoms with van der Waals surface area (Å²) in [5.74, 6) is 0.696. The molecule has 104 valence electrons. The van der Waals surface area contributed by atoms with Crippen molar-refractivity contribution in [1.29, 1.82) is 5.26 Å². The quantitative estimate of drug-likeness (QED) is 0.766. The lowest BCUT2D eigenvalue weighted by Crippen LogP contribution is -2.28. The number of nitrogens with two attached hydrogens (primary N) is 1. The average molecular weight is 261 g/mol. The topological polar surface area (TPSA) is 62.3 Å². The van der Waals surface area contributed by atoms with Crippen LogP contribution in [0, 0.1) is 17.2 Å². The van der Waals surface area contributed by atoms with Crippen LogP contribution in [0.2, 0.25) is 0 Å². The predicted molar refractivity (Wildman–Crippen MR) is 79.3 cm³/mol. The van der Waals surface area contributed by atoms with Crippen molar-refractivity contribution in [3.05, 3.63) is 18.2 Å². The van der Waals surface area contributed by atoms with Gasteiger partial charge in [0.25, 0.3) is 0 Å². The maximum atomic E-state index is 8.93. The minimum atomic E-state index is -0.0282. The molecule has 1 rings (SSSR count). The van der Waals surface area contributed by atoms with E-state index in [-0.39, 0.29) is 5.92 Å². The van der Waals surface area contributed by atoms with E-state index in [0.717, 1.165) is 24.4 Å². The zero-order chi connectivity index (χ0) is 14.3. The van der Waals surface area contributed by atoms with Crippen molar-refractivity contribution in [2.75, 3.05) is 30.3 Å². The van der Waals surface area contributed by atoms with E-state index in [0.29, 0.717) is 18.8 Å². The summed E-state index contributed by atoms with van der Waals surface area (Å²) in [5, 5.41) is 8.93. The summed E-state index contributed by atoms with van der Waals surface area (Å²) in [5.41, 5.74) is 7.77. The molecule has 19 heavy (non-hydrogen) atoms. The van der Waals surface area contributed by atoms with E-state index >= 15 is 0 Å². The molecule has 0 bridgehead atoms. The molecule has 0 aliphatic heterocycles. The van der Waals surface area contributed by atoms with Gasteiger partial charge >= 0.3 is 0 Å². The van der Waals surface area contributed by atoms with Gasteiger partial charge in [-0.1, -0.05) is 13.0 Å². The molecule has 1 unspecified atom stereocenters. The van der Waals surface area contributed by atoms with Crippen molar-refractivity contribution in [1.82, 2.24) is 0 Å². The first kappa shape index (κ1) is 15.2. The van der Waals surface area contributed by atoms with Crippen LogP contribution in [0.25, 0.3) is 0 Å². The Labute approximate surface area is 115 Å². The zero-order valence-corrected chi connectivity index (χ0v) is 12.0. The Morgan fingerprint density at radius 1 is 1.42 bits per heavy atom. The van der Waals surface area contributed by atoms with Gasteiger partial charge in [0.2, 0.25) is 0 Å². The van der Waals surface area contributed by atoms with Crippen molar-refractivity contribution < 1.29 is 4.74 Å². The van der Waals surface area contributed by atoms with Crippen LogP contribution in [0.5, 0.6) is 5.75 Å². The van der Waals surface area contributed by atoms with Crippen molar-refractivity contribution >= 4 is 11.4 Å². The second-order valence-electron chi connectivity index (χ2n) is 4.61. The smallest absolute Gasteiger partial charge is 0.144 e. The molecular weight excluding hydrogens is 238 g/mol. The van der Waals surface area contributed by atoms with Crippen LogP contribution in [0.1, 0.15) is 27.2 Å². The third-order valence-electron chi connectivity index (χ3n) is 2.94. The summed E-state index contributed by atoms with van der Waals surface area (Å²) in [4.78, 5) is 2.11. The zero-order valence-electron chi connectivity index (χ0n) is 12.0. The van der Waals surface area contributed by atoms with Gasteiger partial charge in [0.1, 0.15) is 5.75 Å². The molecular formula is C15H23N3O. The summed E-state index contributed by atoms with van der Waals surface area (Å²) < 4.78 is 5.64. The van der Waals surface area contributed by atoms with Crippen LogP contribution in [-0.2, 0) is 0 Å². The van der Waals surface area contributed by atoms with Crippen LogP contribution in [0.3, 0.4) is 0 Å². The first-order valence-corrected chi connectivity index (χ1v) is 6.79. The van der Waals surface area contributed by atoms with Gasteiger partial charge in [-0.05, 0) is 32.4 Å². The van der Waals surface area contributed by atoms with E-state index in [9.17, 15) is 0 Å². The van der Waals surface area contributed by atoms with E-state index in [1.54, 1.807) is 0 Å². The molecule has 0 radical (unpaired) electrons. The van der Waals surface area contributed by atoms with E-state index in [1.165, 1.54) is 0 Å². The largest absolute Gasteiger partial charge is 0.491 e. The highest BCUT2D eigenvalue weighted by molar-refractivity contribution is 5.74. The molecule has 2 N–H and O–H groups in total. The highest BCUT2D eigenvalue weighted by atomic mass is 16.5. The van der Waals surface area contributed by atoms with E-state index in [2.05, 4.69) is 24.8 Å². The van der Waals surface area contributed by atoms with Crippen LogP contribution in [0.4, 0.5) is 11.4 Å². The highest BCUT2D eigenvalue weighted by Crippen LogP contribution is 2.32. The first-order chi connectivity index (χ1) is 9.13. The molecule has 1 atom stereocenters. The number of anilines is 2. The second kappa shape index (κ2) is 7.52. The monoisotopic (exact) mass is 261 g/mol. The molecule has 1 aromatic rings. The number of para-hydroxylation sites is 1. The van der Waals surface area contributed by atoms with E-state index in [4.69, 9.17) is 15.7 Å². The number of rotatable bonds is 7. The van der Waals surface area contributed by atoms with Crippen LogP contribution >= 0.6 is 0 Å². The maximum Gasteiger partial charge on any atom is 0.144 e. The van der Waals surface area contributed by atoms with Crippen molar-refractivity contribution in [2.45, 2.75) is 27.2 Å². The Bertz CT molecular complexity index is 440. The molecule has 1 aromatic carbocycles. The van der Waals surface area contributed by atoms with E-state index < -0.39 is 0 Å². The Kier molecular flexibility index (Phi) is 6.01. The van der Waals surface area contributed by atoms with Gasteiger partial charge in [-0.25, -0.2) is 0 Å². The Hall–Kier alpha value is -1.89. The number of nitrogen functional groups attached to an aromatic ring is 1. The minimum absolute atomic E-state index is 0.0282. The molecule has 0 spiro atoms. The number of hydrogen-bond acceptors (Lipinski definition) is 4. The SMILES string of the molecule is CCCOc1cccc(N(CC)CC(C)C#N)c1N. The van der Waals surface area contributed by atoms with Gasteiger partial charge in [0.15, 0.2) is 0 Å². The summed E-state index contributed by atoms with van der Waals surface area (Å²) in [6.07, 6.45) is 0.951. The third kappa shape index (κ3) is 4.06. The fraction of sp³-hybridized carbons (Fsp3) is 0.533. The summed E-state index contributed by atoms with van der Waals surface area (Å²) in [6.45, 7) is 8.18. The molecule has 0 aromatic heterocycles. The molecule has 4 heteroatoms. The fourth-order valence-electron chi connectivity index (χ4n) is 1.92.